The van der Waals surface area contributed by atoms with Gasteiger partial charge in [-0.2, -0.15) is 4.98 Å². The topological polar surface area (TPSA) is 143 Å². The summed E-state index contributed by atoms with van der Waals surface area (Å²) in [5, 5.41) is 2.71. The maximum Gasteiger partial charge on any atom is 0.354 e. The molecule has 12 heteroatoms. The molecular weight excluding hydrogens is 544 g/mol. The second kappa shape index (κ2) is 14.3. The minimum atomic E-state index is -0.570. The third-order valence-electron chi connectivity index (χ3n) is 7.83. The third kappa shape index (κ3) is 9.00. The number of aromatic nitrogens is 2. The number of nitrogens with one attached hydrogen (secondary N) is 1. The van der Waals surface area contributed by atoms with Crippen molar-refractivity contribution in [3.05, 3.63) is 52.6 Å². The smallest absolute Gasteiger partial charge is 0.339 e. The number of nitrogens with two attached hydrogens (primary N) is 2. The van der Waals surface area contributed by atoms with Gasteiger partial charge in [-0.15, -0.1) is 12.4 Å². The molecule has 1 aliphatic carbocycles. The van der Waals surface area contributed by atoms with Crippen molar-refractivity contribution in [1.82, 2.24) is 24.3 Å². The Morgan fingerprint density at radius 3 is 2.20 bits per heavy atom. The number of carbonyl (C=O) groups excluding carboxylic acids is 2. The zero-order valence-electron chi connectivity index (χ0n) is 24.4. The van der Waals surface area contributed by atoms with Crippen molar-refractivity contribution >= 4 is 30.2 Å². The number of halogens is 1. The minimum Gasteiger partial charge on any atom is -0.339 e. The molecule has 11 nitrogen and oxygen atoms in total. The van der Waals surface area contributed by atoms with Gasteiger partial charge in [-0.25, -0.2) is 9.59 Å². The lowest BCUT2D eigenvalue weighted by molar-refractivity contribution is -0.133. The Hall–Kier alpha value is -2.99. The van der Waals surface area contributed by atoms with Gasteiger partial charge >= 0.3 is 11.7 Å². The van der Waals surface area contributed by atoms with E-state index >= 15 is 0 Å². The zero-order chi connectivity index (χ0) is 28.9. The monoisotopic (exact) mass is 588 g/mol. The Kier molecular flexibility index (Phi) is 11.3. The molecule has 1 saturated heterocycles. The van der Waals surface area contributed by atoms with Crippen LogP contribution >= 0.6 is 12.4 Å². The number of hydrogen-bond acceptors (Lipinski definition) is 7. The van der Waals surface area contributed by atoms with Gasteiger partial charge < -0.3 is 21.3 Å². The molecule has 2 aliphatic rings. The van der Waals surface area contributed by atoms with E-state index in [9.17, 15) is 14.4 Å². The summed E-state index contributed by atoms with van der Waals surface area (Å²) in [7, 11) is 0. The molecule has 3 amide bonds. The molecule has 0 atom stereocenters. The molecule has 4 rings (SSSR count). The van der Waals surface area contributed by atoms with Gasteiger partial charge in [0.2, 0.25) is 5.91 Å². The molecule has 0 unspecified atom stereocenters. The number of carbonyl (C=O) groups is 2. The Morgan fingerprint density at radius 1 is 1.02 bits per heavy atom. The van der Waals surface area contributed by atoms with Crippen LogP contribution in [0.4, 0.5) is 10.6 Å². The number of benzene rings is 1. The first-order valence-corrected chi connectivity index (χ1v) is 14.3. The van der Waals surface area contributed by atoms with Crippen molar-refractivity contribution in [3.63, 3.8) is 0 Å². The summed E-state index contributed by atoms with van der Waals surface area (Å²) in [5.41, 5.74) is 12.9. The van der Waals surface area contributed by atoms with Crippen molar-refractivity contribution in [2.45, 2.75) is 77.0 Å². The van der Waals surface area contributed by atoms with E-state index in [0.29, 0.717) is 44.0 Å². The van der Waals surface area contributed by atoms with Crippen molar-refractivity contribution in [2.24, 2.45) is 11.5 Å². The van der Waals surface area contributed by atoms with Crippen LogP contribution in [0.1, 0.15) is 58.4 Å². The molecule has 41 heavy (non-hydrogen) atoms. The zero-order valence-corrected chi connectivity index (χ0v) is 25.2. The van der Waals surface area contributed by atoms with Crippen molar-refractivity contribution < 1.29 is 9.59 Å². The molecule has 0 radical (unpaired) electrons. The van der Waals surface area contributed by atoms with Crippen LogP contribution in [0.25, 0.3) is 5.69 Å². The largest absolute Gasteiger partial charge is 0.354 e. The van der Waals surface area contributed by atoms with Gasteiger partial charge in [0, 0.05) is 63.0 Å². The van der Waals surface area contributed by atoms with E-state index in [1.807, 2.05) is 38.1 Å². The van der Waals surface area contributed by atoms with Crippen LogP contribution in [0.3, 0.4) is 0 Å². The molecule has 1 saturated carbocycles. The molecule has 2 aromatic rings. The van der Waals surface area contributed by atoms with E-state index in [4.69, 9.17) is 11.5 Å². The standard InChI is InChI=1S/C29H44N8O3.ClH/c1-4-34(23-11-7-22(30)8-12-23)20-21-5-9-24(10-6-21)37-14-13-25(33-28(37)40)32-27(39)36-17-15-35(16-18-36)26(38)19-29(2,3)31;/h5-6,9-10,13-14,22-23H,4,7-8,11-12,15-20,30-31H2,1-3H3,(H,32,33,39,40);1H. The SMILES string of the molecule is CCN(Cc1ccc(-n2ccc(NC(=O)N3CCN(C(=O)CC(C)(C)N)CC3)nc2=O)cc1)C1CCC(N)CC1.Cl. The van der Waals surface area contributed by atoms with Crippen LogP contribution in [0.5, 0.6) is 0 Å². The molecule has 0 spiro atoms. The van der Waals surface area contributed by atoms with E-state index in [0.717, 1.165) is 38.8 Å². The minimum absolute atomic E-state index is 0. The van der Waals surface area contributed by atoms with Gasteiger partial charge in [0.15, 0.2) is 0 Å². The molecular formula is C29H45ClN8O3. The Labute approximate surface area is 248 Å². The van der Waals surface area contributed by atoms with Gasteiger partial charge in [0.05, 0.1) is 5.69 Å². The van der Waals surface area contributed by atoms with Crippen LogP contribution in [-0.4, -0.2) is 86.5 Å². The summed E-state index contributed by atoms with van der Waals surface area (Å²) in [5.74, 6) is 0.181. The summed E-state index contributed by atoms with van der Waals surface area (Å²) < 4.78 is 1.46. The van der Waals surface area contributed by atoms with E-state index in [1.54, 1.807) is 22.1 Å². The third-order valence-corrected chi connectivity index (χ3v) is 7.83. The number of urea groups is 1. The summed E-state index contributed by atoms with van der Waals surface area (Å²) in [4.78, 5) is 47.9. The second-order valence-corrected chi connectivity index (χ2v) is 11.7. The fourth-order valence-electron chi connectivity index (χ4n) is 5.48. The highest BCUT2D eigenvalue weighted by Gasteiger charge is 2.27. The molecule has 2 fully saturated rings. The Balaban J connectivity index is 0.00000462. The van der Waals surface area contributed by atoms with Gasteiger partial charge in [-0.1, -0.05) is 19.1 Å². The van der Waals surface area contributed by atoms with Crippen molar-refractivity contribution in [2.75, 3.05) is 38.0 Å². The predicted molar refractivity (Wildman–Crippen MR) is 163 cm³/mol. The Bertz CT molecular complexity index is 1210. The first kappa shape index (κ1) is 32.5. The fourth-order valence-corrected chi connectivity index (χ4v) is 5.48. The first-order chi connectivity index (χ1) is 19.0. The van der Waals surface area contributed by atoms with E-state index in [-0.39, 0.29) is 36.6 Å². The van der Waals surface area contributed by atoms with E-state index in [2.05, 4.69) is 22.1 Å². The number of piperazine rings is 1. The van der Waals surface area contributed by atoms with Crippen LogP contribution in [0.15, 0.2) is 41.3 Å². The maximum absolute atomic E-state index is 12.8. The summed E-state index contributed by atoms with van der Waals surface area (Å²) in [6, 6.07) is 10.1. The van der Waals surface area contributed by atoms with Crippen LogP contribution < -0.4 is 22.5 Å². The molecule has 0 bridgehead atoms. The highest BCUT2D eigenvalue weighted by molar-refractivity contribution is 5.88. The van der Waals surface area contributed by atoms with Gasteiger partial charge in [-0.3, -0.25) is 19.6 Å². The predicted octanol–water partition coefficient (Wildman–Crippen LogP) is 2.55. The van der Waals surface area contributed by atoms with Crippen LogP contribution in [-0.2, 0) is 11.3 Å². The van der Waals surface area contributed by atoms with E-state index < -0.39 is 11.2 Å². The number of hydrogen-bond donors (Lipinski definition) is 3. The van der Waals surface area contributed by atoms with Crippen molar-refractivity contribution in [3.8, 4) is 5.69 Å². The Morgan fingerprint density at radius 2 is 1.63 bits per heavy atom. The van der Waals surface area contributed by atoms with Crippen LogP contribution in [0, 0.1) is 0 Å². The highest BCUT2D eigenvalue weighted by Crippen LogP contribution is 2.24. The summed E-state index contributed by atoms with van der Waals surface area (Å²) in [6.07, 6.45) is 6.32. The molecule has 226 valence electrons. The lowest BCUT2D eigenvalue weighted by Crippen LogP contribution is -2.53. The number of rotatable bonds is 8. The number of nitrogens with zero attached hydrogens (tertiary/aromatic N) is 5. The van der Waals surface area contributed by atoms with Gasteiger partial charge in [0.25, 0.3) is 0 Å². The fraction of sp³-hybridized carbons (Fsp3) is 0.586. The van der Waals surface area contributed by atoms with E-state index in [1.165, 1.54) is 10.1 Å². The first-order valence-electron chi connectivity index (χ1n) is 14.3. The van der Waals surface area contributed by atoms with Crippen molar-refractivity contribution in [1.29, 1.82) is 0 Å². The molecule has 2 heterocycles. The molecule has 1 aromatic heterocycles. The molecule has 5 N–H and O–H groups in total. The summed E-state index contributed by atoms with van der Waals surface area (Å²) in [6.45, 7) is 9.36. The lowest BCUT2D eigenvalue weighted by Gasteiger charge is -2.35. The van der Waals surface area contributed by atoms with Gasteiger partial charge in [-0.05, 0) is 69.8 Å². The number of anilines is 1. The average Bonchev–Trinajstić information content (AvgIpc) is 2.92. The van der Waals surface area contributed by atoms with Gasteiger partial charge in [0.1, 0.15) is 5.82 Å². The highest BCUT2D eigenvalue weighted by atomic mass is 35.5. The average molecular weight is 589 g/mol. The normalized spacial score (nSPS) is 19.6. The lowest BCUT2D eigenvalue weighted by atomic mass is 9.90. The quantitative estimate of drug-likeness (QED) is 0.430. The number of amides is 3. The maximum atomic E-state index is 12.8. The van der Waals surface area contributed by atoms with Crippen LogP contribution in [0.2, 0.25) is 0 Å². The summed E-state index contributed by atoms with van der Waals surface area (Å²) >= 11 is 0. The molecule has 1 aliphatic heterocycles. The second-order valence-electron chi connectivity index (χ2n) is 11.7. The molecule has 1 aromatic carbocycles.